The highest BCUT2D eigenvalue weighted by molar-refractivity contribution is 7.86. The number of aryl methyl sites for hydroxylation is 1. The Balaban J connectivity index is 2.29. The second-order valence-electron chi connectivity index (χ2n) is 5.04. The van der Waals surface area contributed by atoms with Crippen molar-refractivity contribution in [2.45, 2.75) is 11.8 Å². The zero-order chi connectivity index (χ0) is 15.0. The summed E-state index contributed by atoms with van der Waals surface area (Å²) in [7, 11) is -4.25. The molecule has 0 aromatic heterocycles. The molecule has 4 heteroatoms. The van der Waals surface area contributed by atoms with Crippen molar-refractivity contribution in [3.63, 3.8) is 0 Å². The van der Waals surface area contributed by atoms with Gasteiger partial charge in [-0.25, -0.2) is 0 Å². The minimum Gasteiger partial charge on any atom is -0.282 e. The van der Waals surface area contributed by atoms with Gasteiger partial charge in [0.15, 0.2) is 0 Å². The van der Waals surface area contributed by atoms with E-state index < -0.39 is 10.1 Å². The second-order valence-corrected chi connectivity index (χ2v) is 6.43. The number of hydrogen-bond donors (Lipinski definition) is 1. The molecule has 0 spiro atoms. The van der Waals surface area contributed by atoms with Crippen LogP contribution in [-0.4, -0.2) is 13.0 Å². The number of fused-ring (bicyclic) bond motifs is 1. The Kier molecular flexibility index (Phi) is 3.27. The molecular formula is C17H14O3S. The summed E-state index contributed by atoms with van der Waals surface area (Å²) >= 11 is 0. The van der Waals surface area contributed by atoms with Crippen LogP contribution in [0.2, 0.25) is 0 Å². The first-order valence-electron chi connectivity index (χ1n) is 6.52. The van der Waals surface area contributed by atoms with Gasteiger partial charge < -0.3 is 0 Å². The first kappa shape index (κ1) is 13.8. The van der Waals surface area contributed by atoms with Gasteiger partial charge in [-0.2, -0.15) is 8.42 Å². The fourth-order valence-corrected chi connectivity index (χ4v) is 3.15. The highest BCUT2D eigenvalue weighted by Gasteiger charge is 2.16. The molecule has 0 aliphatic carbocycles. The van der Waals surface area contributed by atoms with Crippen LogP contribution in [0.5, 0.6) is 0 Å². The Morgan fingerprint density at radius 3 is 2.29 bits per heavy atom. The lowest BCUT2D eigenvalue weighted by molar-refractivity contribution is 0.483. The van der Waals surface area contributed by atoms with Gasteiger partial charge in [0.25, 0.3) is 10.1 Å². The molecule has 0 atom stereocenters. The summed E-state index contributed by atoms with van der Waals surface area (Å²) in [5.74, 6) is 0. The lowest BCUT2D eigenvalue weighted by atomic mass is 10.00. The van der Waals surface area contributed by atoms with Gasteiger partial charge in [-0.05, 0) is 35.4 Å². The van der Waals surface area contributed by atoms with E-state index in [0.717, 1.165) is 21.9 Å². The summed E-state index contributed by atoms with van der Waals surface area (Å²) in [5, 5.41) is 2.11. The molecule has 0 amide bonds. The molecule has 3 nitrogen and oxygen atoms in total. The molecular weight excluding hydrogens is 284 g/mol. The molecule has 1 N–H and O–H groups in total. The van der Waals surface area contributed by atoms with Crippen LogP contribution in [0.25, 0.3) is 21.9 Å². The summed E-state index contributed by atoms with van der Waals surface area (Å²) in [6.45, 7) is 1.89. The summed E-state index contributed by atoms with van der Waals surface area (Å²) in [6, 6.07) is 18.5. The van der Waals surface area contributed by atoms with Gasteiger partial charge >= 0.3 is 0 Å². The third-order valence-corrected chi connectivity index (χ3v) is 4.39. The van der Waals surface area contributed by atoms with Gasteiger partial charge in [0, 0.05) is 5.56 Å². The third kappa shape index (κ3) is 2.68. The Morgan fingerprint density at radius 1 is 0.857 bits per heavy atom. The minimum atomic E-state index is -4.25. The average molecular weight is 298 g/mol. The molecule has 0 aliphatic rings. The average Bonchev–Trinajstić information content (AvgIpc) is 2.45. The molecule has 0 saturated carbocycles. The van der Waals surface area contributed by atoms with Gasteiger partial charge in [-0.15, -0.1) is 0 Å². The van der Waals surface area contributed by atoms with Crippen molar-refractivity contribution in [3.8, 4) is 11.1 Å². The molecule has 0 unspecified atom stereocenters. The molecule has 0 heterocycles. The molecule has 0 bridgehead atoms. The van der Waals surface area contributed by atoms with Crippen LogP contribution in [-0.2, 0) is 10.1 Å². The normalized spacial score (nSPS) is 11.7. The SMILES string of the molecule is Cc1ccc(S(=O)(=O)O)c(-c2ccc3ccccc3c2)c1. The van der Waals surface area contributed by atoms with Crippen molar-refractivity contribution < 1.29 is 13.0 Å². The zero-order valence-electron chi connectivity index (χ0n) is 11.4. The fraction of sp³-hybridized carbons (Fsp3) is 0.0588. The molecule has 106 valence electrons. The van der Waals surface area contributed by atoms with Gasteiger partial charge in [0.05, 0.1) is 0 Å². The van der Waals surface area contributed by atoms with E-state index in [1.54, 1.807) is 12.1 Å². The van der Waals surface area contributed by atoms with Gasteiger partial charge in [-0.3, -0.25) is 4.55 Å². The van der Waals surface area contributed by atoms with Crippen LogP contribution >= 0.6 is 0 Å². The maximum atomic E-state index is 11.6. The van der Waals surface area contributed by atoms with Gasteiger partial charge in [-0.1, -0.05) is 54.1 Å². The standard InChI is InChI=1S/C17H14O3S/c1-12-6-9-17(21(18,19)20)16(10-12)15-8-7-13-4-2-3-5-14(13)11-15/h2-11H,1H3,(H,18,19,20). The maximum Gasteiger partial charge on any atom is 0.295 e. The van der Waals surface area contributed by atoms with Crippen LogP contribution in [0.3, 0.4) is 0 Å². The molecule has 3 aromatic carbocycles. The molecule has 0 saturated heterocycles. The Labute approximate surface area is 123 Å². The quantitative estimate of drug-likeness (QED) is 0.726. The Bertz CT molecular complexity index is 928. The van der Waals surface area contributed by atoms with Crippen molar-refractivity contribution >= 4 is 20.9 Å². The van der Waals surface area contributed by atoms with Crippen LogP contribution in [0.1, 0.15) is 5.56 Å². The highest BCUT2D eigenvalue weighted by Crippen LogP contribution is 2.30. The van der Waals surface area contributed by atoms with E-state index in [2.05, 4.69) is 0 Å². The van der Waals surface area contributed by atoms with E-state index in [0.29, 0.717) is 5.56 Å². The summed E-state index contributed by atoms with van der Waals surface area (Å²) in [4.78, 5) is -0.0663. The predicted molar refractivity (Wildman–Crippen MR) is 83.9 cm³/mol. The maximum absolute atomic E-state index is 11.6. The first-order valence-corrected chi connectivity index (χ1v) is 7.96. The smallest absolute Gasteiger partial charge is 0.282 e. The lowest BCUT2D eigenvalue weighted by Gasteiger charge is -2.10. The predicted octanol–water partition coefficient (Wildman–Crippen LogP) is 4.06. The van der Waals surface area contributed by atoms with Crippen molar-refractivity contribution in [1.29, 1.82) is 0 Å². The number of hydrogen-bond acceptors (Lipinski definition) is 2. The zero-order valence-corrected chi connectivity index (χ0v) is 12.3. The van der Waals surface area contributed by atoms with Crippen molar-refractivity contribution in [3.05, 3.63) is 66.2 Å². The van der Waals surface area contributed by atoms with E-state index >= 15 is 0 Å². The van der Waals surface area contributed by atoms with E-state index in [1.807, 2.05) is 49.4 Å². The summed E-state index contributed by atoms with van der Waals surface area (Å²) in [5.41, 5.74) is 2.22. The Hall–Kier alpha value is -2.17. The van der Waals surface area contributed by atoms with Crippen LogP contribution in [0.15, 0.2) is 65.6 Å². The van der Waals surface area contributed by atoms with E-state index in [1.165, 1.54) is 6.07 Å². The van der Waals surface area contributed by atoms with Crippen molar-refractivity contribution in [2.24, 2.45) is 0 Å². The molecule has 21 heavy (non-hydrogen) atoms. The third-order valence-electron chi connectivity index (χ3n) is 3.47. The molecule has 0 fully saturated rings. The molecule has 3 aromatic rings. The van der Waals surface area contributed by atoms with Crippen LogP contribution in [0.4, 0.5) is 0 Å². The molecule has 0 radical (unpaired) electrons. The summed E-state index contributed by atoms with van der Waals surface area (Å²) in [6.07, 6.45) is 0. The summed E-state index contributed by atoms with van der Waals surface area (Å²) < 4.78 is 32.5. The Morgan fingerprint density at radius 2 is 1.57 bits per heavy atom. The van der Waals surface area contributed by atoms with Crippen LogP contribution in [0, 0.1) is 6.92 Å². The number of benzene rings is 3. The fourth-order valence-electron chi connectivity index (χ4n) is 2.45. The highest BCUT2D eigenvalue weighted by atomic mass is 32.2. The molecule has 0 aliphatic heterocycles. The van der Waals surface area contributed by atoms with Crippen molar-refractivity contribution in [1.82, 2.24) is 0 Å². The molecule has 3 rings (SSSR count). The van der Waals surface area contributed by atoms with E-state index in [-0.39, 0.29) is 4.90 Å². The number of rotatable bonds is 2. The minimum absolute atomic E-state index is 0.0663. The van der Waals surface area contributed by atoms with Crippen molar-refractivity contribution in [2.75, 3.05) is 0 Å². The second kappa shape index (κ2) is 4.98. The van der Waals surface area contributed by atoms with E-state index in [4.69, 9.17) is 0 Å². The van der Waals surface area contributed by atoms with Gasteiger partial charge in [0.2, 0.25) is 0 Å². The van der Waals surface area contributed by atoms with Crippen LogP contribution < -0.4 is 0 Å². The first-order chi connectivity index (χ1) is 9.95. The van der Waals surface area contributed by atoms with Gasteiger partial charge in [0.1, 0.15) is 4.90 Å². The van der Waals surface area contributed by atoms with E-state index in [9.17, 15) is 13.0 Å². The largest absolute Gasteiger partial charge is 0.295 e. The lowest BCUT2D eigenvalue weighted by Crippen LogP contribution is -2.01. The topological polar surface area (TPSA) is 54.4 Å². The monoisotopic (exact) mass is 298 g/mol.